The molecule has 1 aliphatic heterocycles. The first-order chi connectivity index (χ1) is 13.2. The third-order valence-electron chi connectivity index (χ3n) is 4.47. The summed E-state index contributed by atoms with van der Waals surface area (Å²) >= 11 is 1.50. The molecule has 2 aromatic heterocycles. The number of halogens is 2. The largest absolute Gasteiger partial charge is 0.378 e. The molecule has 3 rings (SSSR count). The van der Waals surface area contributed by atoms with Gasteiger partial charge in [-0.05, 0) is 44.9 Å². The molecule has 162 valence electrons. The number of aryl methyl sites for hydroxylation is 1. The van der Waals surface area contributed by atoms with E-state index < -0.39 is 0 Å². The number of likely N-dealkylation sites (tertiary alicyclic amines) is 1. The molecule has 0 atom stereocenters. The summed E-state index contributed by atoms with van der Waals surface area (Å²) in [6.07, 6.45) is 4.53. The minimum atomic E-state index is 0. The van der Waals surface area contributed by atoms with Crippen LogP contribution in [0.3, 0.4) is 0 Å². The third kappa shape index (κ3) is 7.46. The highest BCUT2D eigenvalue weighted by Gasteiger charge is 2.25. The topological polar surface area (TPSA) is 94.5 Å². The summed E-state index contributed by atoms with van der Waals surface area (Å²) in [5.74, 6) is 1.42. The van der Waals surface area contributed by atoms with Crippen LogP contribution in [-0.4, -0.2) is 53.3 Å². The number of pyridine rings is 1. The first kappa shape index (κ1) is 25.7. The van der Waals surface area contributed by atoms with E-state index in [0.717, 1.165) is 35.7 Å². The lowest BCUT2D eigenvalue weighted by atomic mass is 10.1. The molecule has 1 fully saturated rings. The maximum atomic E-state index is 13.0. The maximum Gasteiger partial charge on any atom is 0.256 e. The van der Waals surface area contributed by atoms with Gasteiger partial charge in [0.25, 0.3) is 5.91 Å². The van der Waals surface area contributed by atoms with Crippen molar-refractivity contribution >= 4 is 42.5 Å². The van der Waals surface area contributed by atoms with E-state index in [4.69, 9.17) is 15.0 Å². The SMILES string of the molecule is Cc1cc(CSc2ncccc2C(=O)N2CCC(OCCCN)CC2)no1.Cl.Cl. The fraction of sp³-hybridized carbons (Fsp3) is 0.526. The number of piperidine rings is 1. The number of nitrogens with two attached hydrogens (primary N) is 1. The predicted octanol–water partition coefficient (Wildman–Crippen LogP) is 3.48. The molecule has 0 spiro atoms. The summed E-state index contributed by atoms with van der Waals surface area (Å²) in [5, 5.41) is 4.72. The molecule has 10 heteroatoms. The van der Waals surface area contributed by atoms with E-state index in [1.165, 1.54) is 11.8 Å². The van der Waals surface area contributed by atoms with Crippen LogP contribution in [0.5, 0.6) is 0 Å². The van der Waals surface area contributed by atoms with Crippen LogP contribution in [0.15, 0.2) is 33.9 Å². The zero-order valence-electron chi connectivity index (χ0n) is 16.4. The minimum Gasteiger partial charge on any atom is -0.378 e. The zero-order chi connectivity index (χ0) is 19.1. The molecule has 0 saturated carbocycles. The molecule has 3 heterocycles. The highest BCUT2D eigenvalue weighted by Crippen LogP contribution is 2.26. The summed E-state index contributed by atoms with van der Waals surface area (Å²) in [4.78, 5) is 19.3. The highest BCUT2D eigenvalue weighted by atomic mass is 35.5. The number of ether oxygens (including phenoxy) is 1. The van der Waals surface area contributed by atoms with Crippen molar-refractivity contribution in [3.05, 3.63) is 41.4 Å². The molecule has 0 aromatic carbocycles. The van der Waals surface area contributed by atoms with Gasteiger partial charge in [-0.3, -0.25) is 4.79 Å². The predicted molar refractivity (Wildman–Crippen MR) is 118 cm³/mol. The van der Waals surface area contributed by atoms with Crippen molar-refractivity contribution in [2.24, 2.45) is 5.73 Å². The third-order valence-corrected chi connectivity index (χ3v) is 5.51. The van der Waals surface area contributed by atoms with E-state index in [1.54, 1.807) is 12.3 Å². The molecular formula is C19H28Cl2N4O3S. The van der Waals surface area contributed by atoms with Gasteiger partial charge < -0.3 is 19.9 Å². The summed E-state index contributed by atoms with van der Waals surface area (Å²) in [5.41, 5.74) is 6.99. The van der Waals surface area contributed by atoms with Gasteiger partial charge in [0.1, 0.15) is 10.8 Å². The lowest BCUT2D eigenvalue weighted by Crippen LogP contribution is -2.41. The van der Waals surface area contributed by atoms with Crippen LogP contribution in [0, 0.1) is 6.92 Å². The minimum absolute atomic E-state index is 0. The number of aromatic nitrogens is 2. The van der Waals surface area contributed by atoms with Crippen molar-refractivity contribution in [2.75, 3.05) is 26.2 Å². The van der Waals surface area contributed by atoms with Gasteiger partial charge in [0.15, 0.2) is 0 Å². The van der Waals surface area contributed by atoms with Crippen LogP contribution in [0.2, 0.25) is 0 Å². The first-order valence-electron chi connectivity index (χ1n) is 9.28. The second-order valence-electron chi connectivity index (χ2n) is 6.58. The number of nitrogens with zero attached hydrogens (tertiary/aromatic N) is 3. The quantitative estimate of drug-likeness (QED) is 0.473. The summed E-state index contributed by atoms with van der Waals surface area (Å²) in [7, 11) is 0. The van der Waals surface area contributed by atoms with Crippen LogP contribution >= 0.6 is 36.6 Å². The first-order valence-corrected chi connectivity index (χ1v) is 10.3. The number of thioether (sulfide) groups is 1. The van der Waals surface area contributed by atoms with Crippen molar-refractivity contribution in [3.8, 4) is 0 Å². The lowest BCUT2D eigenvalue weighted by molar-refractivity contribution is 0.00833. The van der Waals surface area contributed by atoms with Gasteiger partial charge >= 0.3 is 0 Å². The van der Waals surface area contributed by atoms with Crippen LogP contribution < -0.4 is 5.73 Å². The Morgan fingerprint density at radius 3 is 2.79 bits per heavy atom. The molecule has 7 nitrogen and oxygen atoms in total. The second-order valence-corrected chi connectivity index (χ2v) is 7.54. The van der Waals surface area contributed by atoms with Gasteiger partial charge in [0.05, 0.1) is 17.4 Å². The Morgan fingerprint density at radius 1 is 1.38 bits per heavy atom. The number of hydrogen-bond acceptors (Lipinski definition) is 7. The number of rotatable bonds is 8. The van der Waals surface area contributed by atoms with Gasteiger partial charge in [-0.2, -0.15) is 0 Å². The summed E-state index contributed by atoms with van der Waals surface area (Å²) < 4.78 is 10.9. The number of carbonyl (C=O) groups excluding carboxylic acids is 1. The van der Waals surface area contributed by atoms with Gasteiger partial charge in [0.2, 0.25) is 0 Å². The van der Waals surface area contributed by atoms with E-state index in [-0.39, 0.29) is 36.8 Å². The van der Waals surface area contributed by atoms with Crippen molar-refractivity contribution in [1.82, 2.24) is 15.0 Å². The fourth-order valence-electron chi connectivity index (χ4n) is 3.03. The van der Waals surface area contributed by atoms with E-state index >= 15 is 0 Å². The molecule has 29 heavy (non-hydrogen) atoms. The highest BCUT2D eigenvalue weighted by molar-refractivity contribution is 7.98. The van der Waals surface area contributed by atoms with E-state index in [9.17, 15) is 4.79 Å². The Kier molecular flexibility index (Phi) is 11.6. The molecule has 1 amide bonds. The van der Waals surface area contributed by atoms with Gasteiger partial charge in [-0.15, -0.1) is 24.8 Å². The monoisotopic (exact) mass is 462 g/mol. The van der Waals surface area contributed by atoms with Gasteiger partial charge in [-0.25, -0.2) is 4.98 Å². The summed E-state index contributed by atoms with van der Waals surface area (Å²) in [6.45, 7) is 4.61. The Balaban J connectivity index is 0.00000210. The van der Waals surface area contributed by atoms with Crippen molar-refractivity contribution in [3.63, 3.8) is 0 Å². The maximum absolute atomic E-state index is 13.0. The van der Waals surface area contributed by atoms with Crippen LogP contribution in [0.4, 0.5) is 0 Å². The van der Waals surface area contributed by atoms with Crippen molar-refractivity contribution < 1.29 is 14.1 Å². The lowest BCUT2D eigenvalue weighted by Gasteiger charge is -2.32. The summed E-state index contributed by atoms with van der Waals surface area (Å²) in [6, 6.07) is 5.54. The van der Waals surface area contributed by atoms with E-state index in [0.29, 0.717) is 37.6 Å². The second kappa shape index (κ2) is 13.1. The fourth-order valence-corrected chi connectivity index (χ4v) is 3.89. The smallest absolute Gasteiger partial charge is 0.256 e. The molecule has 0 unspecified atom stereocenters. The molecule has 1 saturated heterocycles. The van der Waals surface area contributed by atoms with Crippen LogP contribution in [0.25, 0.3) is 0 Å². The van der Waals surface area contributed by atoms with E-state index in [2.05, 4.69) is 10.1 Å². The average molecular weight is 463 g/mol. The Hall–Kier alpha value is -1.32. The number of carbonyl (C=O) groups is 1. The van der Waals surface area contributed by atoms with E-state index in [1.807, 2.05) is 24.0 Å². The molecule has 0 radical (unpaired) electrons. The molecule has 2 N–H and O–H groups in total. The van der Waals surface area contributed by atoms with Gasteiger partial charge in [-0.1, -0.05) is 16.9 Å². The molecular weight excluding hydrogens is 435 g/mol. The molecule has 0 bridgehead atoms. The normalized spacial score (nSPS) is 14.2. The standard InChI is InChI=1S/C19H26N4O3S.2ClH/c1-14-12-15(22-26-14)13-27-18-17(4-2-8-21-18)19(24)23-9-5-16(6-10-23)25-11-3-7-20;;/h2,4,8,12,16H,3,5-7,9-11,13,20H2,1H3;2*1H. The zero-order valence-corrected chi connectivity index (χ0v) is 18.9. The van der Waals surface area contributed by atoms with Crippen molar-refractivity contribution in [1.29, 1.82) is 0 Å². The number of hydrogen-bond donors (Lipinski definition) is 1. The molecule has 0 aliphatic carbocycles. The Morgan fingerprint density at radius 2 is 2.14 bits per heavy atom. The molecule has 1 aliphatic rings. The number of amides is 1. The van der Waals surface area contributed by atoms with Crippen LogP contribution in [-0.2, 0) is 10.5 Å². The Labute approximate surface area is 187 Å². The average Bonchev–Trinajstić information content (AvgIpc) is 3.12. The Bertz CT molecular complexity index is 755. The van der Waals surface area contributed by atoms with Crippen LogP contribution in [0.1, 0.15) is 41.1 Å². The van der Waals surface area contributed by atoms with Crippen molar-refractivity contribution in [2.45, 2.75) is 43.1 Å². The molecule has 2 aromatic rings. The van der Waals surface area contributed by atoms with Gasteiger partial charge in [0, 0.05) is 37.7 Å².